The van der Waals surface area contributed by atoms with E-state index in [0.717, 1.165) is 0 Å². The van der Waals surface area contributed by atoms with Crippen molar-refractivity contribution < 1.29 is 14.2 Å². The van der Waals surface area contributed by atoms with Crippen LogP contribution in [0.5, 0.6) is 11.5 Å². The lowest BCUT2D eigenvalue weighted by molar-refractivity contribution is 0.360. The van der Waals surface area contributed by atoms with Gasteiger partial charge in [0.2, 0.25) is 0 Å². The molecule has 1 atom stereocenters. The number of ether oxygens (including phenoxy) is 1. The Hall–Kier alpha value is -1.29. The quantitative estimate of drug-likeness (QED) is 0.852. The molecular formula is C13H20FNO2. The summed E-state index contributed by atoms with van der Waals surface area (Å²) in [6, 6.07) is 0. The van der Waals surface area contributed by atoms with Crippen LogP contribution in [0.2, 0.25) is 0 Å². The summed E-state index contributed by atoms with van der Waals surface area (Å²) in [7, 11) is 1.42. The topological polar surface area (TPSA) is 55.5 Å². The van der Waals surface area contributed by atoms with Gasteiger partial charge in [-0.1, -0.05) is 6.92 Å². The normalized spacial score (nSPS) is 12.6. The lowest BCUT2D eigenvalue weighted by Crippen LogP contribution is -2.08. The first-order valence-electron chi connectivity index (χ1n) is 5.71. The van der Waals surface area contributed by atoms with E-state index < -0.39 is 0 Å². The minimum Gasteiger partial charge on any atom is -0.504 e. The van der Waals surface area contributed by atoms with E-state index in [9.17, 15) is 9.50 Å². The fraction of sp³-hybridized carbons (Fsp3) is 0.538. The van der Waals surface area contributed by atoms with E-state index in [-0.39, 0.29) is 23.2 Å². The van der Waals surface area contributed by atoms with Crippen molar-refractivity contribution in [3.63, 3.8) is 0 Å². The Morgan fingerprint density at radius 1 is 1.35 bits per heavy atom. The summed E-state index contributed by atoms with van der Waals surface area (Å²) in [5.74, 6) is -0.0701. The number of halogens is 1. The molecule has 0 saturated carbocycles. The Morgan fingerprint density at radius 3 is 2.41 bits per heavy atom. The van der Waals surface area contributed by atoms with Gasteiger partial charge in [-0.2, -0.15) is 0 Å². The SMILES string of the molecule is COc1c(C)c(F)c(C)c(C(C)CCN)c1O. The van der Waals surface area contributed by atoms with Crippen molar-refractivity contribution in [1.29, 1.82) is 0 Å². The summed E-state index contributed by atoms with van der Waals surface area (Å²) in [5.41, 5.74) is 6.90. The number of methoxy groups -OCH3 is 1. The van der Waals surface area contributed by atoms with Crippen LogP contribution in [0.25, 0.3) is 0 Å². The van der Waals surface area contributed by atoms with Gasteiger partial charge in [-0.3, -0.25) is 0 Å². The van der Waals surface area contributed by atoms with Crippen molar-refractivity contribution in [1.82, 2.24) is 0 Å². The molecule has 4 heteroatoms. The van der Waals surface area contributed by atoms with Crippen LogP contribution in [-0.2, 0) is 0 Å². The third kappa shape index (κ3) is 2.36. The van der Waals surface area contributed by atoms with Gasteiger partial charge in [0.1, 0.15) is 5.82 Å². The van der Waals surface area contributed by atoms with Crippen molar-refractivity contribution in [3.8, 4) is 11.5 Å². The second kappa shape index (κ2) is 5.36. The fourth-order valence-electron chi connectivity index (χ4n) is 2.22. The minimum absolute atomic E-state index is 0.00370. The minimum atomic E-state index is -0.321. The number of phenolic OH excluding ortho intramolecular Hbond substituents is 1. The van der Waals surface area contributed by atoms with Gasteiger partial charge in [-0.25, -0.2) is 4.39 Å². The van der Waals surface area contributed by atoms with Gasteiger partial charge in [0.15, 0.2) is 11.5 Å². The van der Waals surface area contributed by atoms with Gasteiger partial charge in [-0.05, 0) is 38.3 Å². The Kier molecular flexibility index (Phi) is 4.34. The van der Waals surface area contributed by atoms with Crippen molar-refractivity contribution in [3.05, 3.63) is 22.5 Å². The van der Waals surface area contributed by atoms with Crippen molar-refractivity contribution in [2.24, 2.45) is 5.73 Å². The average Bonchev–Trinajstić information content (AvgIpc) is 2.27. The van der Waals surface area contributed by atoms with Gasteiger partial charge >= 0.3 is 0 Å². The molecule has 1 aromatic carbocycles. The van der Waals surface area contributed by atoms with Crippen LogP contribution in [0.3, 0.4) is 0 Å². The molecule has 1 aromatic rings. The molecule has 0 heterocycles. The molecule has 0 bridgehead atoms. The van der Waals surface area contributed by atoms with E-state index >= 15 is 0 Å². The van der Waals surface area contributed by atoms with E-state index in [1.807, 2.05) is 6.92 Å². The molecule has 3 nitrogen and oxygen atoms in total. The molecule has 0 aromatic heterocycles. The van der Waals surface area contributed by atoms with Gasteiger partial charge in [-0.15, -0.1) is 0 Å². The number of nitrogens with two attached hydrogens (primary N) is 1. The highest BCUT2D eigenvalue weighted by atomic mass is 19.1. The van der Waals surface area contributed by atoms with Crippen LogP contribution >= 0.6 is 0 Å². The molecular weight excluding hydrogens is 221 g/mol. The zero-order valence-corrected chi connectivity index (χ0v) is 10.8. The Labute approximate surface area is 101 Å². The zero-order chi connectivity index (χ0) is 13.2. The lowest BCUT2D eigenvalue weighted by Gasteiger charge is -2.20. The van der Waals surface area contributed by atoms with Crippen LogP contribution < -0.4 is 10.5 Å². The maximum atomic E-state index is 14.0. The molecule has 17 heavy (non-hydrogen) atoms. The van der Waals surface area contributed by atoms with Crippen LogP contribution in [-0.4, -0.2) is 18.8 Å². The number of benzene rings is 1. The van der Waals surface area contributed by atoms with E-state index in [0.29, 0.717) is 29.7 Å². The number of aromatic hydroxyl groups is 1. The van der Waals surface area contributed by atoms with Crippen LogP contribution in [0, 0.1) is 19.7 Å². The number of hydrogen-bond acceptors (Lipinski definition) is 3. The summed E-state index contributed by atoms with van der Waals surface area (Å²) in [4.78, 5) is 0. The standard InChI is InChI=1S/C13H20FNO2/c1-7(5-6-15)10-8(2)11(14)9(3)13(17-4)12(10)16/h7,16H,5-6,15H2,1-4H3. The third-order valence-corrected chi connectivity index (χ3v) is 3.17. The molecule has 0 aliphatic carbocycles. The summed E-state index contributed by atoms with van der Waals surface area (Å²) >= 11 is 0. The predicted molar refractivity (Wildman–Crippen MR) is 66.2 cm³/mol. The molecule has 1 rings (SSSR count). The summed E-state index contributed by atoms with van der Waals surface area (Å²) < 4.78 is 19.1. The molecule has 0 fully saturated rings. The van der Waals surface area contributed by atoms with Crippen molar-refractivity contribution in [2.45, 2.75) is 33.1 Å². The lowest BCUT2D eigenvalue weighted by atomic mass is 9.90. The van der Waals surface area contributed by atoms with Crippen molar-refractivity contribution >= 4 is 0 Å². The highest BCUT2D eigenvalue weighted by Gasteiger charge is 2.23. The Balaban J connectivity index is 3.44. The van der Waals surface area contributed by atoms with Gasteiger partial charge in [0.25, 0.3) is 0 Å². The summed E-state index contributed by atoms with van der Waals surface area (Å²) in [6.07, 6.45) is 0.694. The Bertz CT molecular complexity index is 419. The molecule has 0 radical (unpaired) electrons. The number of phenols is 1. The van der Waals surface area contributed by atoms with Crippen LogP contribution in [0.1, 0.15) is 36.0 Å². The second-order valence-electron chi connectivity index (χ2n) is 4.34. The molecule has 0 amide bonds. The predicted octanol–water partition coefficient (Wildman–Crippen LogP) is 2.61. The van der Waals surface area contributed by atoms with E-state index in [1.54, 1.807) is 13.8 Å². The molecule has 0 saturated heterocycles. The molecule has 1 unspecified atom stereocenters. The maximum absolute atomic E-state index is 14.0. The number of rotatable bonds is 4. The van der Waals surface area contributed by atoms with E-state index in [1.165, 1.54) is 7.11 Å². The fourth-order valence-corrected chi connectivity index (χ4v) is 2.22. The first-order valence-corrected chi connectivity index (χ1v) is 5.71. The summed E-state index contributed by atoms with van der Waals surface area (Å²) in [6.45, 7) is 5.68. The monoisotopic (exact) mass is 241 g/mol. The van der Waals surface area contributed by atoms with Gasteiger partial charge in [0, 0.05) is 11.1 Å². The molecule has 0 aliphatic rings. The van der Waals surface area contributed by atoms with Crippen LogP contribution in [0.15, 0.2) is 0 Å². The summed E-state index contributed by atoms with van der Waals surface area (Å²) in [5, 5.41) is 10.1. The first kappa shape index (κ1) is 13.8. The number of hydrogen-bond donors (Lipinski definition) is 2. The smallest absolute Gasteiger partial charge is 0.166 e. The van der Waals surface area contributed by atoms with E-state index in [2.05, 4.69) is 0 Å². The largest absolute Gasteiger partial charge is 0.504 e. The Morgan fingerprint density at radius 2 is 1.94 bits per heavy atom. The van der Waals surface area contributed by atoms with Crippen molar-refractivity contribution in [2.75, 3.05) is 13.7 Å². The molecule has 0 aliphatic heterocycles. The maximum Gasteiger partial charge on any atom is 0.166 e. The average molecular weight is 241 g/mol. The second-order valence-corrected chi connectivity index (χ2v) is 4.34. The van der Waals surface area contributed by atoms with Gasteiger partial charge < -0.3 is 15.6 Å². The van der Waals surface area contributed by atoms with Gasteiger partial charge in [0.05, 0.1) is 7.11 Å². The molecule has 96 valence electrons. The molecule has 0 spiro atoms. The first-order chi connectivity index (χ1) is 7.95. The highest BCUT2D eigenvalue weighted by Crippen LogP contribution is 2.42. The third-order valence-electron chi connectivity index (χ3n) is 3.17. The van der Waals surface area contributed by atoms with E-state index in [4.69, 9.17) is 10.5 Å². The highest BCUT2D eigenvalue weighted by molar-refractivity contribution is 5.56. The zero-order valence-electron chi connectivity index (χ0n) is 10.8. The van der Waals surface area contributed by atoms with Crippen LogP contribution in [0.4, 0.5) is 4.39 Å². The molecule has 3 N–H and O–H groups in total.